The summed E-state index contributed by atoms with van der Waals surface area (Å²) in [4.78, 5) is 11.9. The Labute approximate surface area is 149 Å². The number of hydrogen-bond donors (Lipinski definition) is 0. The molecule has 7 unspecified atom stereocenters. The Morgan fingerprint density at radius 1 is 1.00 bits per heavy atom. The molecular weight excluding hydrogens is 292 g/mol. The highest BCUT2D eigenvalue weighted by Crippen LogP contribution is 2.67. The first-order chi connectivity index (χ1) is 11.4. The third-order valence-corrected chi connectivity index (χ3v) is 8.78. The lowest BCUT2D eigenvalue weighted by atomic mass is 9.45. The van der Waals surface area contributed by atoms with Gasteiger partial charge in [0.05, 0.1) is 0 Å². The lowest BCUT2D eigenvalue weighted by Crippen LogP contribution is -2.53. The topological polar surface area (TPSA) is 17.1 Å². The molecule has 136 valence electrons. The maximum absolute atomic E-state index is 11.9. The molecule has 0 aliphatic heterocycles. The molecule has 0 heterocycles. The van der Waals surface area contributed by atoms with E-state index in [0.717, 1.165) is 42.4 Å². The van der Waals surface area contributed by atoms with Crippen molar-refractivity contribution in [3.05, 3.63) is 11.6 Å². The Morgan fingerprint density at radius 3 is 2.42 bits per heavy atom. The van der Waals surface area contributed by atoms with Crippen molar-refractivity contribution in [1.29, 1.82) is 0 Å². The number of carbonyl (C=O) groups is 1. The average molecular weight is 331 g/mol. The summed E-state index contributed by atoms with van der Waals surface area (Å²) >= 11 is 0. The fourth-order valence-electron chi connectivity index (χ4n) is 7.17. The molecule has 3 saturated carbocycles. The molecule has 0 bridgehead atoms. The zero-order chi connectivity index (χ0) is 17.7. The summed E-state index contributed by atoms with van der Waals surface area (Å²) in [6.07, 6.45) is 10.8. The zero-order valence-corrected chi connectivity index (χ0v) is 16.8. The van der Waals surface area contributed by atoms with E-state index in [9.17, 15) is 4.79 Å². The molecule has 0 aromatic heterocycles. The van der Waals surface area contributed by atoms with Gasteiger partial charge in [0.1, 0.15) is 0 Å². The first kappa shape index (κ1) is 18.2. The van der Waals surface area contributed by atoms with E-state index in [0.29, 0.717) is 16.6 Å². The van der Waals surface area contributed by atoms with E-state index in [-0.39, 0.29) is 0 Å². The van der Waals surface area contributed by atoms with Gasteiger partial charge in [0, 0.05) is 6.42 Å². The van der Waals surface area contributed by atoms with E-state index in [1.807, 2.05) is 19.9 Å². The van der Waals surface area contributed by atoms with Gasteiger partial charge in [-0.25, -0.2) is 0 Å². The molecule has 0 N–H and O–H groups in total. The van der Waals surface area contributed by atoms with Crippen molar-refractivity contribution in [2.24, 2.45) is 40.4 Å². The summed E-state index contributed by atoms with van der Waals surface area (Å²) in [6.45, 7) is 14.1. The SMILES string of the molecule is CC.CC1CC2=CC(=O)CCC2(C)C2CCC3(C)C(C)CCC3C12. The molecule has 0 radical (unpaired) electrons. The number of allylic oxidation sites excluding steroid dienone is 1. The van der Waals surface area contributed by atoms with E-state index >= 15 is 0 Å². The molecule has 0 aromatic rings. The molecule has 4 aliphatic carbocycles. The normalized spacial score (nSPS) is 50.0. The monoisotopic (exact) mass is 330 g/mol. The van der Waals surface area contributed by atoms with Crippen LogP contribution in [0.25, 0.3) is 0 Å². The van der Waals surface area contributed by atoms with Crippen molar-refractivity contribution < 1.29 is 4.79 Å². The van der Waals surface area contributed by atoms with Crippen LogP contribution in [0.5, 0.6) is 0 Å². The van der Waals surface area contributed by atoms with Crippen LogP contribution < -0.4 is 0 Å². The second-order valence-electron chi connectivity index (χ2n) is 9.55. The fraction of sp³-hybridized carbons (Fsp3) is 0.870. The van der Waals surface area contributed by atoms with Crippen LogP contribution in [0, 0.1) is 40.4 Å². The quantitative estimate of drug-likeness (QED) is 0.500. The number of hydrogen-bond acceptors (Lipinski definition) is 1. The summed E-state index contributed by atoms with van der Waals surface area (Å²) in [5.74, 6) is 4.73. The average Bonchev–Trinajstić information content (AvgIpc) is 2.87. The van der Waals surface area contributed by atoms with Crippen LogP contribution in [0.1, 0.15) is 86.5 Å². The minimum Gasteiger partial charge on any atom is -0.295 e. The standard InChI is InChI=1S/C21H32O.C2H6/c1-13-11-15-12-16(22)7-9-21(15,4)18-8-10-20(3)14(2)5-6-17(20)19(13)18;1-2/h12-14,17-19H,5-11H2,1-4H3;1-2H3. The molecular formula is C23H38O. The lowest BCUT2D eigenvalue weighted by molar-refractivity contribution is -0.118. The van der Waals surface area contributed by atoms with Gasteiger partial charge in [0.2, 0.25) is 0 Å². The predicted octanol–water partition coefficient (Wildman–Crippen LogP) is 6.43. The van der Waals surface area contributed by atoms with Gasteiger partial charge in [0.25, 0.3) is 0 Å². The van der Waals surface area contributed by atoms with E-state index in [1.165, 1.54) is 37.7 Å². The number of ketones is 1. The van der Waals surface area contributed by atoms with Gasteiger partial charge in [-0.3, -0.25) is 4.79 Å². The van der Waals surface area contributed by atoms with Gasteiger partial charge in [-0.05, 0) is 85.0 Å². The van der Waals surface area contributed by atoms with Crippen molar-refractivity contribution in [2.45, 2.75) is 86.5 Å². The van der Waals surface area contributed by atoms with Gasteiger partial charge < -0.3 is 0 Å². The van der Waals surface area contributed by atoms with Crippen molar-refractivity contribution in [2.75, 3.05) is 0 Å². The van der Waals surface area contributed by atoms with Crippen LogP contribution in [-0.4, -0.2) is 5.78 Å². The second kappa shape index (κ2) is 6.29. The van der Waals surface area contributed by atoms with E-state index in [1.54, 1.807) is 0 Å². The van der Waals surface area contributed by atoms with Crippen LogP contribution in [0.2, 0.25) is 0 Å². The molecule has 7 atom stereocenters. The fourth-order valence-corrected chi connectivity index (χ4v) is 7.17. The molecule has 3 fully saturated rings. The molecule has 0 amide bonds. The molecule has 0 saturated heterocycles. The molecule has 1 nitrogen and oxygen atoms in total. The number of carbonyl (C=O) groups excluding carboxylic acids is 1. The smallest absolute Gasteiger partial charge is 0.155 e. The highest BCUT2D eigenvalue weighted by atomic mass is 16.1. The van der Waals surface area contributed by atoms with Gasteiger partial charge in [-0.2, -0.15) is 0 Å². The Bertz CT molecular complexity index is 532. The molecule has 0 aromatic carbocycles. The number of fused-ring (bicyclic) bond motifs is 5. The maximum Gasteiger partial charge on any atom is 0.155 e. The maximum atomic E-state index is 11.9. The minimum absolute atomic E-state index is 0.332. The highest BCUT2D eigenvalue weighted by Gasteiger charge is 2.59. The summed E-state index contributed by atoms with van der Waals surface area (Å²) in [5, 5.41) is 0. The second-order valence-corrected chi connectivity index (χ2v) is 9.55. The van der Waals surface area contributed by atoms with Crippen LogP contribution in [0.15, 0.2) is 11.6 Å². The molecule has 1 heteroatoms. The predicted molar refractivity (Wildman–Crippen MR) is 102 cm³/mol. The lowest BCUT2D eigenvalue weighted by Gasteiger charge is -2.60. The van der Waals surface area contributed by atoms with Crippen LogP contribution in [0.3, 0.4) is 0 Å². The Kier molecular flexibility index (Phi) is 4.77. The van der Waals surface area contributed by atoms with Crippen LogP contribution in [-0.2, 0) is 4.79 Å². The summed E-state index contributed by atoms with van der Waals surface area (Å²) < 4.78 is 0. The summed E-state index contributed by atoms with van der Waals surface area (Å²) in [6, 6.07) is 0. The minimum atomic E-state index is 0.332. The third kappa shape index (κ3) is 2.44. The Balaban J connectivity index is 0.000000815. The van der Waals surface area contributed by atoms with Crippen molar-refractivity contribution >= 4 is 5.78 Å². The van der Waals surface area contributed by atoms with E-state index in [2.05, 4.69) is 27.7 Å². The van der Waals surface area contributed by atoms with Crippen LogP contribution in [0.4, 0.5) is 0 Å². The van der Waals surface area contributed by atoms with Gasteiger partial charge >= 0.3 is 0 Å². The highest BCUT2D eigenvalue weighted by molar-refractivity contribution is 5.91. The van der Waals surface area contributed by atoms with Gasteiger partial charge in [-0.1, -0.05) is 47.1 Å². The van der Waals surface area contributed by atoms with Crippen molar-refractivity contribution in [3.8, 4) is 0 Å². The molecule has 4 rings (SSSR count). The molecule has 4 aliphatic rings. The summed E-state index contributed by atoms with van der Waals surface area (Å²) in [7, 11) is 0. The molecule has 24 heavy (non-hydrogen) atoms. The van der Waals surface area contributed by atoms with E-state index < -0.39 is 0 Å². The zero-order valence-electron chi connectivity index (χ0n) is 16.8. The molecule has 0 spiro atoms. The van der Waals surface area contributed by atoms with E-state index in [4.69, 9.17) is 0 Å². The Morgan fingerprint density at radius 2 is 1.71 bits per heavy atom. The van der Waals surface area contributed by atoms with Crippen molar-refractivity contribution in [1.82, 2.24) is 0 Å². The van der Waals surface area contributed by atoms with Crippen molar-refractivity contribution in [3.63, 3.8) is 0 Å². The first-order valence-corrected chi connectivity index (χ1v) is 10.6. The summed E-state index contributed by atoms with van der Waals surface area (Å²) in [5.41, 5.74) is 2.43. The van der Waals surface area contributed by atoms with Gasteiger partial charge in [-0.15, -0.1) is 0 Å². The Hall–Kier alpha value is -0.590. The van der Waals surface area contributed by atoms with Gasteiger partial charge in [0.15, 0.2) is 5.78 Å². The number of rotatable bonds is 0. The van der Waals surface area contributed by atoms with Crippen LogP contribution >= 0.6 is 0 Å². The first-order valence-electron chi connectivity index (χ1n) is 10.6. The largest absolute Gasteiger partial charge is 0.295 e. The third-order valence-electron chi connectivity index (χ3n) is 8.78.